The molecule has 1 aliphatic heterocycles. The number of anilines is 2. The van der Waals surface area contributed by atoms with Gasteiger partial charge < -0.3 is 10.2 Å². The molecule has 0 unspecified atom stereocenters. The number of nitrogens with one attached hydrogen (secondary N) is 1. The maximum absolute atomic E-state index is 11.9. The summed E-state index contributed by atoms with van der Waals surface area (Å²) in [4.78, 5) is 13.8. The van der Waals surface area contributed by atoms with Crippen LogP contribution in [0, 0.1) is 13.8 Å². The largest absolute Gasteiger partial charge is 0.381 e. The lowest BCUT2D eigenvalue weighted by atomic mass is 9.95. The molecule has 1 amide bonds. The third kappa shape index (κ3) is 1.90. The minimum atomic E-state index is -0.181. The average Bonchev–Trinajstić information content (AvgIpc) is 2.13. The number of amides is 1. The molecule has 0 saturated heterocycles. The van der Waals surface area contributed by atoms with Crippen molar-refractivity contribution in [2.75, 3.05) is 16.8 Å². The third-order valence-corrected chi connectivity index (χ3v) is 3.32. The van der Waals surface area contributed by atoms with Crippen molar-refractivity contribution in [3.05, 3.63) is 23.3 Å². The molecule has 0 aromatic heterocycles. The Hall–Kier alpha value is -1.51. The number of carbonyl (C=O) groups excluding carboxylic acids is 1. The highest BCUT2D eigenvalue weighted by Crippen LogP contribution is 2.38. The van der Waals surface area contributed by atoms with Gasteiger partial charge in [0.05, 0.1) is 16.9 Å². The van der Waals surface area contributed by atoms with Crippen LogP contribution in [-0.4, -0.2) is 18.0 Å². The number of benzene rings is 1. The van der Waals surface area contributed by atoms with Crippen LogP contribution in [0.15, 0.2) is 12.1 Å². The molecular formula is C14H20N2O. The molecule has 0 bridgehead atoms. The van der Waals surface area contributed by atoms with Crippen LogP contribution in [0.2, 0.25) is 0 Å². The van der Waals surface area contributed by atoms with Gasteiger partial charge in [-0.1, -0.05) is 6.07 Å². The van der Waals surface area contributed by atoms with E-state index in [-0.39, 0.29) is 11.4 Å². The Morgan fingerprint density at radius 1 is 1.35 bits per heavy atom. The number of fused-ring (bicyclic) bond motifs is 1. The van der Waals surface area contributed by atoms with E-state index in [9.17, 15) is 4.79 Å². The topological polar surface area (TPSA) is 32.3 Å². The molecule has 3 heteroatoms. The van der Waals surface area contributed by atoms with Gasteiger partial charge in [-0.05, 0) is 44.9 Å². The summed E-state index contributed by atoms with van der Waals surface area (Å²) in [7, 11) is 0. The molecule has 0 fully saturated rings. The number of hydrogen-bond donors (Lipinski definition) is 1. The van der Waals surface area contributed by atoms with E-state index in [1.54, 1.807) is 6.92 Å². The third-order valence-electron chi connectivity index (χ3n) is 3.32. The quantitative estimate of drug-likeness (QED) is 0.746. The predicted octanol–water partition coefficient (Wildman–Crippen LogP) is 2.86. The molecule has 1 aromatic carbocycles. The minimum absolute atomic E-state index is 0.0998. The van der Waals surface area contributed by atoms with Gasteiger partial charge in [0.1, 0.15) is 0 Å². The fourth-order valence-electron chi connectivity index (χ4n) is 2.66. The van der Waals surface area contributed by atoms with Gasteiger partial charge in [-0.15, -0.1) is 0 Å². The summed E-state index contributed by atoms with van der Waals surface area (Å²) < 4.78 is 0. The van der Waals surface area contributed by atoms with E-state index >= 15 is 0 Å². The summed E-state index contributed by atoms with van der Waals surface area (Å²) in [5.74, 6) is 0.0998. The number of aryl methyl sites for hydroxylation is 2. The summed E-state index contributed by atoms with van der Waals surface area (Å²) in [6, 6.07) is 4.22. The highest BCUT2D eigenvalue weighted by Gasteiger charge is 2.35. The summed E-state index contributed by atoms with van der Waals surface area (Å²) >= 11 is 0. The van der Waals surface area contributed by atoms with Crippen molar-refractivity contribution in [3.8, 4) is 0 Å². The Morgan fingerprint density at radius 3 is 2.59 bits per heavy atom. The van der Waals surface area contributed by atoms with E-state index in [1.807, 2.05) is 4.90 Å². The fraction of sp³-hybridized carbons (Fsp3) is 0.500. The van der Waals surface area contributed by atoms with Crippen LogP contribution in [0.1, 0.15) is 31.9 Å². The van der Waals surface area contributed by atoms with Crippen molar-refractivity contribution >= 4 is 17.3 Å². The zero-order valence-electron chi connectivity index (χ0n) is 11.2. The Balaban J connectivity index is 2.64. The molecule has 0 saturated carbocycles. The Kier molecular flexibility index (Phi) is 2.64. The standard InChI is InChI=1S/C14H20N2O/c1-9-6-10(2)13-12(7-9)16(11(3)17)14(4,5)8-15-13/h6-7,15H,8H2,1-5H3. The van der Waals surface area contributed by atoms with Crippen LogP contribution in [0.5, 0.6) is 0 Å². The van der Waals surface area contributed by atoms with Crippen molar-refractivity contribution in [1.29, 1.82) is 0 Å². The first-order valence-corrected chi connectivity index (χ1v) is 5.99. The maximum atomic E-state index is 11.9. The molecule has 1 N–H and O–H groups in total. The van der Waals surface area contributed by atoms with Gasteiger partial charge in [0, 0.05) is 13.5 Å². The summed E-state index contributed by atoms with van der Waals surface area (Å²) in [6.45, 7) is 10.7. The van der Waals surface area contributed by atoms with Crippen molar-refractivity contribution < 1.29 is 4.79 Å². The average molecular weight is 232 g/mol. The highest BCUT2D eigenvalue weighted by atomic mass is 16.2. The van der Waals surface area contributed by atoms with Gasteiger partial charge in [0.2, 0.25) is 5.91 Å². The second-order valence-electron chi connectivity index (χ2n) is 5.50. The first kappa shape index (κ1) is 12.0. The molecule has 0 aliphatic carbocycles. The monoisotopic (exact) mass is 232 g/mol. The Bertz CT molecular complexity index is 477. The summed E-state index contributed by atoms with van der Waals surface area (Å²) in [5, 5.41) is 3.44. The predicted molar refractivity (Wildman–Crippen MR) is 71.6 cm³/mol. The van der Waals surface area contributed by atoms with E-state index < -0.39 is 0 Å². The van der Waals surface area contributed by atoms with Gasteiger partial charge >= 0.3 is 0 Å². The molecule has 0 atom stereocenters. The van der Waals surface area contributed by atoms with Crippen molar-refractivity contribution in [3.63, 3.8) is 0 Å². The number of rotatable bonds is 0. The molecule has 1 heterocycles. The second-order valence-corrected chi connectivity index (χ2v) is 5.50. The van der Waals surface area contributed by atoms with Crippen molar-refractivity contribution in [2.24, 2.45) is 0 Å². The molecule has 0 radical (unpaired) electrons. The van der Waals surface area contributed by atoms with E-state index in [0.717, 1.165) is 17.9 Å². The van der Waals surface area contributed by atoms with E-state index in [4.69, 9.17) is 0 Å². The maximum Gasteiger partial charge on any atom is 0.224 e. The van der Waals surface area contributed by atoms with E-state index in [2.05, 4.69) is 45.1 Å². The van der Waals surface area contributed by atoms with Gasteiger partial charge in [-0.25, -0.2) is 0 Å². The molecular weight excluding hydrogens is 212 g/mol. The molecule has 92 valence electrons. The zero-order valence-corrected chi connectivity index (χ0v) is 11.2. The summed E-state index contributed by atoms with van der Waals surface area (Å²) in [6.07, 6.45) is 0. The Morgan fingerprint density at radius 2 is 2.00 bits per heavy atom. The van der Waals surface area contributed by atoms with E-state index in [0.29, 0.717) is 0 Å². The summed E-state index contributed by atoms with van der Waals surface area (Å²) in [5.41, 5.74) is 4.30. The molecule has 2 rings (SSSR count). The lowest BCUT2D eigenvalue weighted by Crippen LogP contribution is -2.54. The smallest absolute Gasteiger partial charge is 0.224 e. The number of hydrogen-bond acceptors (Lipinski definition) is 2. The lowest BCUT2D eigenvalue weighted by Gasteiger charge is -2.44. The highest BCUT2D eigenvalue weighted by molar-refractivity contribution is 5.98. The lowest BCUT2D eigenvalue weighted by molar-refractivity contribution is -0.117. The number of nitrogens with zero attached hydrogens (tertiary/aromatic N) is 1. The normalized spacial score (nSPS) is 17.4. The van der Waals surface area contributed by atoms with Gasteiger partial charge in [-0.3, -0.25) is 4.79 Å². The molecule has 1 aromatic rings. The van der Waals surface area contributed by atoms with Crippen LogP contribution in [0.3, 0.4) is 0 Å². The Labute approximate surface area is 103 Å². The van der Waals surface area contributed by atoms with Gasteiger partial charge in [-0.2, -0.15) is 0 Å². The van der Waals surface area contributed by atoms with Gasteiger partial charge in [0.25, 0.3) is 0 Å². The van der Waals surface area contributed by atoms with Crippen LogP contribution in [0.25, 0.3) is 0 Å². The van der Waals surface area contributed by atoms with Crippen molar-refractivity contribution in [2.45, 2.75) is 40.2 Å². The van der Waals surface area contributed by atoms with Crippen LogP contribution < -0.4 is 10.2 Å². The van der Waals surface area contributed by atoms with Gasteiger partial charge in [0.15, 0.2) is 0 Å². The first-order chi connectivity index (χ1) is 7.83. The van der Waals surface area contributed by atoms with Crippen LogP contribution in [-0.2, 0) is 4.79 Å². The van der Waals surface area contributed by atoms with Crippen LogP contribution in [0.4, 0.5) is 11.4 Å². The van der Waals surface area contributed by atoms with Crippen molar-refractivity contribution in [1.82, 2.24) is 0 Å². The minimum Gasteiger partial charge on any atom is -0.381 e. The molecule has 3 nitrogen and oxygen atoms in total. The van der Waals surface area contributed by atoms with Crippen LogP contribution >= 0.6 is 0 Å². The molecule has 0 spiro atoms. The fourth-order valence-corrected chi connectivity index (χ4v) is 2.66. The molecule has 17 heavy (non-hydrogen) atoms. The zero-order chi connectivity index (χ0) is 12.8. The first-order valence-electron chi connectivity index (χ1n) is 5.99. The van der Waals surface area contributed by atoms with E-state index in [1.165, 1.54) is 11.1 Å². The SMILES string of the molecule is CC(=O)N1c2cc(C)cc(C)c2NCC1(C)C. The molecule has 1 aliphatic rings. The second kappa shape index (κ2) is 3.76. The number of carbonyl (C=O) groups is 1.